The van der Waals surface area contributed by atoms with E-state index in [1.54, 1.807) is 24.1 Å². The summed E-state index contributed by atoms with van der Waals surface area (Å²) in [6.45, 7) is 11.6. The maximum absolute atomic E-state index is 9.61. The zero-order valence-corrected chi connectivity index (χ0v) is 15.9. The summed E-state index contributed by atoms with van der Waals surface area (Å²) in [5.41, 5.74) is 12.8. The molecular weight excluding hydrogens is 318 g/mol. The summed E-state index contributed by atoms with van der Waals surface area (Å²) >= 11 is 1.55. The Labute approximate surface area is 149 Å². The first-order chi connectivity index (χ1) is 11.3. The highest BCUT2D eigenvalue weighted by molar-refractivity contribution is 7.98. The van der Waals surface area contributed by atoms with Gasteiger partial charge >= 0.3 is 0 Å². The molecule has 0 spiro atoms. The highest BCUT2D eigenvalue weighted by atomic mass is 32.2. The van der Waals surface area contributed by atoms with Gasteiger partial charge in [-0.05, 0) is 62.8 Å². The van der Waals surface area contributed by atoms with Crippen molar-refractivity contribution in [3.8, 4) is 5.75 Å². The molecular formula is C19H27N3OS. The minimum atomic E-state index is 0.128. The molecule has 1 aromatic rings. The number of nitrogens with two attached hydrogens (primary N) is 1. The lowest BCUT2D eigenvalue weighted by molar-refractivity contribution is 0.477. The van der Waals surface area contributed by atoms with Gasteiger partial charge < -0.3 is 10.8 Å². The molecule has 0 radical (unpaired) electrons. The third-order valence-electron chi connectivity index (χ3n) is 5.18. The zero-order chi connectivity index (χ0) is 17.9. The summed E-state index contributed by atoms with van der Waals surface area (Å²) < 4.78 is 4.34. The number of phenolic OH excluding ortho intramolecular Hbond substituents is 1. The molecule has 3 N–H and O–H groups in total. The Bertz CT molecular complexity index is 707. The van der Waals surface area contributed by atoms with E-state index in [9.17, 15) is 5.11 Å². The molecule has 0 saturated carbocycles. The molecule has 1 aliphatic carbocycles. The molecule has 0 aliphatic heterocycles. The zero-order valence-electron chi connectivity index (χ0n) is 15.1. The standard InChI is InChI=1S/C19H27N3OS/c1-11-12(2)14(4)19(15(5)13(11)3)24-22-21-10-9-16-7-6-8-17(23)18(16)20/h6-8,14,19,23H,9-10,20H2,1-5H3. The largest absolute Gasteiger partial charge is 0.506 e. The quantitative estimate of drug-likeness (QED) is 0.329. The van der Waals surface area contributed by atoms with Crippen molar-refractivity contribution >= 4 is 17.6 Å². The maximum Gasteiger partial charge on any atom is 0.138 e. The van der Waals surface area contributed by atoms with E-state index in [1.165, 1.54) is 22.3 Å². The summed E-state index contributed by atoms with van der Waals surface area (Å²) in [6, 6.07) is 5.30. The molecule has 0 heterocycles. The predicted octanol–water partition coefficient (Wildman–Crippen LogP) is 5.31. The van der Waals surface area contributed by atoms with Gasteiger partial charge in [-0.3, -0.25) is 0 Å². The van der Waals surface area contributed by atoms with Crippen LogP contribution >= 0.6 is 11.9 Å². The van der Waals surface area contributed by atoms with E-state index in [0.717, 1.165) is 5.56 Å². The molecule has 1 aliphatic rings. The second kappa shape index (κ2) is 7.88. The van der Waals surface area contributed by atoms with E-state index in [4.69, 9.17) is 5.73 Å². The fourth-order valence-corrected chi connectivity index (χ4v) is 4.00. The van der Waals surface area contributed by atoms with Gasteiger partial charge in [0.15, 0.2) is 0 Å². The fourth-order valence-electron chi connectivity index (χ4n) is 3.03. The average Bonchev–Trinajstić information content (AvgIpc) is 2.57. The number of nitrogens with zero attached hydrogens (tertiary/aromatic N) is 2. The fraction of sp³-hybridized carbons (Fsp3) is 0.474. The van der Waals surface area contributed by atoms with Crippen molar-refractivity contribution in [3.05, 3.63) is 46.1 Å². The lowest BCUT2D eigenvalue weighted by Crippen LogP contribution is -2.22. The molecule has 0 bridgehead atoms. The first-order valence-electron chi connectivity index (χ1n) is 8.28. The van der Waals surface area contributed by atoms with Gasteiger partial charge in [-0.15, -0.1) is 4.52 Å². The van der Waals surface area contributed by atoms with Crippen molar-refractivity contribution in [1.29, 1.82) is 0 Å². The van der Waals surface area contributed by atoms with Crippen molar-refractivity contribution in [1.82, 2.24) is 0 Å². The summed E-state index contributed by atoms with van der Waals surface area (Å²) in [5, 5.41) is 14.2. The van der Waals surface area contributed by atoms with E-state index in [-0.39, 0.29) is 5.75 Å². The van der Waals surface area contributed by atoms with Crippen LogP contribution in [0, 0.1) is 5.92 Å². The molecule has 0 saturated heterocycles. The van der Waals surface area contributed by atoms with Crippen LogP contribution in [-0.4, -0.2) is 16.9 Å². The molecule has 0 amide bonds. The van der Waals surface area contributed by atoms with Gasteiger partial charge in [0.2, 0.25) is 0 Å². The van der Waals surface area contributed by atoms with Gasteiger partial charge in [0.25, 0.3) is 0 Å². The summed E-state index contributed by atoms with van der Waals surface area (Å²) in [4.78, 5) is 0. The first kappa shape index (κ1) is 18.6. The molecule has 4 nitrogen and oxygen atoms in total. The third-order valence-corrected chi connectivity index (χ3v) is 6.38. The summed E-state index contributed by atoms with van der Waals surface area (Å²) in [5.74, 6) is 0.600. The van der Waals surface area contributed by atoms with E-state index in [1.807, 2.05) is 6.07 Å². The summed E-state index contributed by atoms with van der Waals surface area (Å²) in [6.07, 6.45) is 0.677. The monoisotopic (exact) mass is 345 g/mol. The second-order valence-corrected chi connectivity index (χ2v) is 7.36. The van der Waals surface area contributed by atoms with Gasteiger partial charge in [0.1, 0.15) is 5.75 Å². The van der Waals surface area contributed by atoms with Gasteiger partial charge in [-0.25, -0.2) is 0 Å². The minimum absolute atomic E-state index is 0.128. The van der Waals surface area contributed by atoms with Crippen molar-refractivity contribution in [2.75, 3.05) is 12.3 Å². The summed E-state index contributed by atoms with van der Waals surface area (Å²) in [7, 11) is 0. The number of rotatable bonds is 5. The molecule has 1 aromatic carbocycles. The van der Waals surface area contributed by atoms with E-state index < -0.39 is 0 Å². The Balaban J connectivity index is 1.94. The number of hydrogen-bond donors (Lipinski definition) is 2. The van der Waals surface area contributed by atoms with E-state index >= 15 is 0 Å². The molecule has 2 atom stereocenters. The van der Waals surface area contributed by atoms with E-state index in [0.29, 0.717) is 29.8 Å². The molecule has 2 rings (SSSR count). The Morgan fingerprint density at radius 1 is 1.12 bits per heavy atom. The van der Waals surface area contributed by atoms with Crippen molar-refractivity contribution < 1.29 is 5.11 Å². The number of para-hydroxylation sites is 1. The number of phenols is 1. The number of anilines is 1. The average molecular weight is 346 g/mol. The van der Waals surface area contributed by atoms with Crippen LogP contribution < -0.4 is 5.73 Å². The second-order valence-electron chi connectivity index (χ2n) is 6.48. The van der Waals surface area contributed by atoms with Crippen molar-refractivity contribution in [3.63, 3.8) is 0 Å². The molecule has 5 heteroatoms. The minimum Gasteiger partial charge on any atom is -0.506 e. The molecule has 0 fully saturated rings. The van der Waals surface area contributed by atoms with Crippen LogP contribution in [0.4, 0.5) is 5.69 Å². The van der Waals surface area contributed by atoms with E-state index in [2.05, 4.69) is 44.3 Å². The van der Waals surface area contributed by atoms with Gasteiger partial charge in [0.05, 0.1) is 17.5 Å². The van der Waals surface area contributed by atoms with Crippen LogP contribution in [0.15, 0.2) is 50.1 Å². The van der Waals surface area contributed by atoms with Crippen LogP contribution in [0.1, 0.15) is 40.2 Å². The number of allylic oxidation sites excluding steroid dienone is 3. The first-order valence-corrected chi connectivity index (χ1v) is 9.12. The van der Waals surface area contributed by atoms with Crippen molar-refractivity contribution in [2.45, 2.75) is 46.3 Å². The van der Waals surface area contributed by atoms with Gasteiger partial charge in [-0.2, -0.15) is 5.11 Å². The maximum atomic E-state index is 9.61. The SMILES string of the molecule is CC1=C(C)C(C)C(SN=NCCc2cccc(O)c2N)C(C)=C1C. The lowest BCUT2D eigenvalue weighted by Gasteiger charge is -2.31. The Morgan fingerprint density at radius 3 is 2.50 bits per heavy atom. The molecule has 130 valence electrons. The molecule has 0 aromatic heterocycles. The number of benzene rings is 1. The van der Waals surface area contributed by atoms with Crippen LogP contribution in [0.2, 0.25) is 0 Å². The lowest BCUT2D eigenvalue weighted by atomic mass is 9.81. The topological polar surface area (TPSA) is 71.0 Å². The normalized spacial score (nSPS) is 21.9. The Kier molecular flexibility index (Phi) is 6.10. The molecule has 2 unspecified atom stereocenters. The van der Waals surface area contributed by atoms with Crippen molar-refractivity contribution in [2.24, 2.45) is 15.6 Å². The molecule has 24 heavy (non-hydrogen) atoms. The predicted molar refractivity (Wildman–Crippen MR) is 103 cm³/mol. The number of aromatic hydroxyl groups is 1. The van der Waals surface area contributed by atoms with Crippen LogP contribution in [0.5, 0.6) is 5.75 Å². The highest BCUT2D eigenvalue weighted by Gasteiger charge is 2.28. The van der Waals surface area contributed by atoms with Crippen LogP contribution in [0.3, 0.4) is 0 Å². The van der Waals surface area contributed by atoms with Crippen LogP contribution in [0.25, 0.3) is 0 Å². The Morgan fingerprint density at radius 2 is 1.79 bits per heavy atom. The Hall–Kier alpha value is -1.75. The van der Waals surface area contributed by atoms with Gasteiger partial charge in [-0.1, -0.05) is 30.2 Å². The number of nitrogen functional groups attached to an aromatic ring is 1. The third kappa shape index (κ3) is 3.83. The smallest absolute Gasteiger partial charge is 0.138 e. The highest BCUT2D eigenvalue weighted by Crippen LogP contribution is 2.40. The number of hydrogen-bond acceptors (Lipinski definition) is 5. The van der Waals surface area contributed by atoms with Crippen LogP contribution in [-0.2, 0) is 6.42 Å². The van der Waals surface area contributed by atoms with Gasteiger partial charge in [0, 0.05) is 11.9 Å².